The monoisotopic (exact) mass is 227 g/mol. The maximum absolute atomic E-state index is 5.67. The average Bonchev–Trinajstić information content (AvgIpc) is 2.29. The van der Waals surface area contributed by atoms with Gasteiger partial charge in [-0.1, -0.05) is 0 Å². The normalized spacial score (nSPS) is 21.7. The SMILES string of the molecule is CC1CN(c2ncc(CCl)cn2)CCO1. The van der Waals surface area contributed by atoms with Gasteiger partial charge in [0.25, 0.3) is 0 Å². The van der Waals surface area contributed by atoms with E-state index in [1.165, 1.54) is 0 Å². The van der Waals surface area contributed by atoms with E-state index in [1.54, 1.807) is 12.4 Å². The quantitative estimate of drug-likeness (QED) is 0.717. The molecule has 5 heteroatoms. The minimum Gasteiger partial charge on any atom is -0.375 e. The molecule has 0 saturated carbocycles. The van der Waals surface area contributed by atoms with Crippen LogP contribution >= 0.6 is 11.6 Å². The van der Waals surface area contributed by atoms with Gasteiger partial charge in [-0.15, -0.1) is 11.6 Å². The van der Waals surface area contributed by atoms with Crippen LogP contribution in [0, 0.1) is 0 Å². The van der Waals surface area contributed by atoms with E-state index < -0.39 is 0 Å². The zero-order chi connectivity index (χ0) is 10.7. The first-order chi connectivity index (χ1) is 7.29. The van der Waals surface area contributed by atoms with E-state index in [0.29, 0.717) is 5.88 Å². The molecule has 82 valence electrons. The van der Waals surface area contributed by atoms with Gasteiger partial charge in [-0.25, -0.2) is 9.97 Å². The fraction of sp³-hybridized carbons (Fsp3) is 0.600. The topological polar surface area (TPSA) is 38.2 Å². The summed E-state index contributed by atoms with van der Waals surface area (Å²) >= 11 is 5.67. The minimum atomic E-state index is 0.245. The molecule has 0 bridgehead atoms. The van der Waals surface area contributed by atoms with Crippen LogP contribution in [0.1, 0.15) is 12.5 Å². The number of halogens is 1. The second-order valence-electron chi connectivity index (χ2n) is 3.65. The van der Waals surface area contributed by atoms with Crippen LogP contribution in [-0.4, -0.2) is 35.8 Å². The number of anilines is 1. The highest BCUT2D eigenvalue weighted by Gasteiger charge is 2.18. The van der Waals surface area contributed by atoms with E-state index in [0.717, 1.165) is 31.2 Å². The van der Waals surface area contributed by atoms with Crippen LogP contribution in [0.15, 0.2) is 12.4 Å². The summed E-state index contributed by atoms with van der Waals surface area (Å²) in [6.45, 7) is 4.49. The van der Waals surface area contributed by atoms with Crippen LogP contribution < -0.4 is 4.90 Å². The number of aromatic nitrogens is 2. The summed E-state index contributed by atoms with van der Waals surface area (Å²) in [6, 6.07) is 0. The smallest absolute Gasteiger partial charge is 0.225 e. The molecule has 1 aliphatic heterocycles. The van der Waals surface area contributed by atoms with Crippen LogP contribution in [0.2, 0.25) is 0 Å². The molecule has 1 fully saturated rings. The predicted octanol–water partition coefficient (Wildman–Crippen LogP) is 1.44. The summed E-state index contributed by atoms with van der Waals surface area (Å²) in [5, 5.41) is 0. The summed E-state index contributed by atoms with van der Waals surface area (Å²) in [5.41, 5.74) is 0.946. The fourth-order valence-corrected chi connectivity index (χ4v) is 1.72. The molecule has 1 aromatic heterocycles. The van der Waals surface area contributed by atoms with Gasteiger partial charge in [0.1, 0.15) is 0 Å². The Bertz CT molecular complexity index is 317. The lowest BCUT2D eigenvalue weighted by atomic mass is 10.3. The van der Waals surface area contributed by atoms with Gasteiger partial charge in [-0.2, -0.15) is 0 Å². The van der Waals surface area contributed by atoms with Crippen molar-refractivity contribution in [2.45, 2.75) is 18.9 Å². The van der Waals surface area contributed by atoms with E-state index >= 15 is 0 Å². The molecule has 0 aliphatic carbocycles. The minimum absolute atomic E-state index is 0.245. The number of nitrogens with zero attached hydrogens (tertiary/aromatic N) is 3. The second kappa shape index (κ2) is 4.77. The number of rotatable bonds is 2. The standard InChI is InChI=1S/C10H14ClN3O/c1-8-7-14(2-3-15-8)10-12-5-9(4-11)6-13-10/h5-6,8H,2-4,7H2,1H3. The molecule has 1 saturated heterocycles. The van der Waals surface area contributed by atoms with Crippen LogP contribution in [0.3, 0.4) is 0 Å². The molecule has 0 amide bonds. The van der Waals surface area contributed by atoms with Crippen LogP contribution in [0.5, 0.6) is 0 Å². The number of morpholine rings is 1. The first-order valence-electron chi connectivity index (χ1n) is 5.03. The van der Waals surface area contributed by atoms with E-state index in [9.17, 15) is 0 Å². The predicted molar refractivity (Wildman–Crippen MR) is 59.2 cm³/mol. The van der Waals surface area contributed by atoms with E-state index in [2.05, 4.69) is 21.8 Å². The van der Waals surface area contributed by atoms with Gasteiger partial charge in [0.2, 0.25) is 5.95 Å². The summed E-state index contributed by atoms with van der Waals surface area (Å²) in [6.07, 6.45) is 3.79. The molecule has 0 N–H and O–H groups in total. The number of ether oxygens (including phenoxy) is 1. The number of hydrogen-bond acceptors (Lipinski definition) is 4. The molecule has 0 aromatic carbocycles. The molecular weight excluding hydrogens is 214 g/mol. The maximum atomic E-state index is 5.67. The van der Waals surface area contributed by atoms with Crippen molar-refractivity contribution >= 4 is 17.5 Å². The van der Waals surface area contributed by atoms with Gasteiger partial charge < -0.3 is 9.64 Å². The highest BCUT2D eigenvalue weighted by molar-refractivity contribution is 6.17. The molecule has 2 rings (SSSR count). The van der Waals surface area contributed by atoms with Crippen LogP contribution in [-0.2, 0) is 10.6 Å². The van der Waals surface area contributed by atoms with Gasteiger partial charge in [0.15, 0.2) is 0 Å². The van der Waals surface area contributed by atoms with Gasteiger partial charge in [0, 0.05) is 31.0 Å². The van der Waals surface area contributed by atoms with Gasteiger partial charge in [-0.05, 0) is 6.92 Å². The molecular formula is C10H14ClN3O. The lowest BCUT2D eigenvalue weighted by Gasteiger charge is -2.30. The maximum Gasteiger partial charge on any atom is 0.225 e. The third-order valence-electron chi connectivity index (χ3n) is 2.37. The van der Waals surface area contributed by atoms with Crippen molar-refractivity contribution in [3.8, 4) is 0 Å². The lowest BCUT2D eigenvalue weighted by Crippen LogP contribution is -2.41. The van der Waals surface area contributed by atoms with Crippen molar-refractivity contribution in [2.24, 2.45) is 0 Å². The third kappa shape index (κ3) is 2.58. The molecule has 1 unspecified atom stereocenters. The van der Waals surface area contributed by atoms with Gasteiger partial charge in [-0.3, -0.25) is 0 Å². The Morgan fingerprint density at radius 3 is 2.87 bits per heavy atom. The van der Waals surface area contributed by atoms with Gasteiger partial charge in [0.05, 0.1) is 18.6 Å². The Morgan fingerprint density at radius 2 is 2.27 bits per heavy atom. The average molecular weight is 228 g/mol. The molecule has 15 heavy (non-hydrogen) atoms. The summed E-state index contributed by atoms with van der Waals surface area (Å²) in [5.74, 6) is 1.22. The summed E-state index contributed by atoms with van der Waals surface area (Å²) in [4.78, 5) is 10.7. The third-order valence-corrected chi connectivity index (χ3v) is 2.68. The van der Waals surface area contributed by atoms with Crippen LogP contribution in [0.25, 0.3) is 0 Å². The largest absolute Gasteiger partial charge is 0.375 e. The highest BCUT2D eigenvalue weighted by atomic mass is 35.5. The molecule has 1 atom stereocenters. The Balaban J connectivity index is 2.07. The van der Waals surface area contributed by atoms with E-state index in [1.807, 2.05) is 0 Å². The Hall–Kier alpha value is -0.870. The summed E-state index contributed by atoms with van der Waals surface area (Å²) in [7, 11) is 0. The van der Waals surface area contributed by atoms with Crippen LogP contribution in [0.4, 0.5) is 5.95 Å². The first kappa shape index (κ1) is 10.6. The molecule has 0 spiro atoms. The molecule has 0 radical (unpaired) electrons. The Kier molecular flexibility index (Phi) is 3.38. The van der Waals surface area contributed by atoms with Crippen molar-refractivity contribution in [3.63, 3.8) is 0 Å². The van der Waals surface area contributed by atoms with Crippen molar-refractivity contribution in [2.75, 3.05) is 24.6 Å². The van der Waals surface area contributed by atoms with Crippen molar-refractivity contribution in [3.05, 3.63) is 18.0 Å². The van der Waals surface area contributed by atoms with E-state index in [-0.39, 0.29) is 6.10 Å². The number of alkyl halides is 1. The van der Waals surface area contributed by atoms with Crippen molar-refractivity contribution < 1.29 is 4.74 Å². The lowest BCUT2D eigenvalue weighted by molar-refractivity contribution is 0.0526. The zero-order valence-corrected chi connectivity index (χ0v) is 9.44. The fourth-order valence-electron chi connectivity index (χ4n) is 1.58. The molecule has 1 aromatic rings. The van der Waals surface area contributed by atoms with Crippen molar-refractivity contribution in [1.82, 2.24) is 9.97 Å². The van der Waals surface area contributed by atoms with E-state index in [4.69, 9.17) is 16.3 Å². The molecule has 2 heterocycles. The Labute approximate surface area is 94.2 Å². The molecule has 4 nitrogen and oxygen atoms in total. The molecule has 1 aliphatic rings. The zero-order valence-electron chi connectivity index (χ0n) is 8.69. The second-order valence-corrected chi connectivity index (χ2v) is 3.92. The first-order valence-corrected chi connectivity index (χ1v) is 5.56. The highest BCUT2D eigenvalue weighted by Crippen LogP contribution is 2.12. The van der Waals surface area contributed by atoms with Crippen molar-refractivity contribution in [1.29, 1.82) is 0 Å². The summed E-state index contributed by atoms with van der Waals surface area (Å²) < 4.78 is 5.46. The van der Waals surface area contributed by atoms with Gasteiger partial charge >= 0.3 is 0 Å². The Morgan fingerprint density at radius 1 is 1.53 bits per heavy atom. The number of hydrogen-bond donors (Lipinski definition) is 0.